The Labute approximate surface area is 140 Å². The van der Waals surface area contributed by atoms with Gasteiger partial charge < -0.3 is 16.0 Å². The van der Waals surface area contributed by atoms with Gasteiger partial charge in [-0.1, -0.05) is 0 Å². The summed E-state index contributed by atoms with van der Waals surface area (Å²) in [6.07, 6.45) is 1.84. The number of piperidine rings is 1. The molecule has 0 aromatic heterocycles. The van der Waals surface area contributed by atoms with Gasteiger partial charge in [0.1, 0.15) is 0 Å². The lowest BCUT2D eigenvalue weighted by molar-refractivity contribution is -0.138. The molecule has 0 aliphatic carbocycles. The number of carbonyl (C=O) groups excluding carboxylic acids is 2. The third-order valence-electron chi connectivity index (χ3n) is 4.25. The van der Waals surface area contributed by atoms with E-state index in [1.165, 1.54) is 0 Å². The molecule has 1 saturated heterocycles. The minimum absolute atomic E-state index is 0. The van der Waals surface area contributed by atoms with Gasteiger partial charge in [-0.05, 0) is 40.2 Å². The number of amides is 2. The van der Waals surface area contributed by atoms with Crippen LogP contribution in [-0.2, 0) is 9.59 Å². The molecule has 0 aromatic rings. The van der Waals surface area contributed by atoms with E-state index in [9.17, 15) is 9.59 Å². The Morgan fingerprint density at radius 2 is 2.00 bits per heavy atom. The Bertz CT molecular complexity index is 350. The lowest BCUT2D eigenvalue weighted by atomic mass is 9.95. The SMILES string of the molecule is CCN(CC)C(=O)C(C)N1CCCC(C(=O)NCCN)C1.Cl. The van der Waals surface area contributed by atoms with Crippen LogP contribution < -0.4 is 11.1 Å². The fourth-order valence-electron chi connectivity index (χ4n) is 2.87. The van der Waals surface area contributed by atoms with Crippen LogP contribution in [0.2, 0.25) is 0 Å². The zero-order valence-corrected chi connectivity index (χ0v) is 14.8. The summed E-state index contributed by atoms with van der Waals surface area (Å²) < 4.78 is 0. The molecule has 22 heavy (non-hydrogen) atoms. The number of halogens is 1. The smallest absolute Gasteiger partial charge is 0.239 e. The van der Waals surface area contributed by atoms with E-state index < -0.39 is 0 Å². The summed E-state index contributed by atoms with van der Waals surface area (Å²) in [6, 6.07) is -0.157. The van der Waals surface area contributed by atoms with Crippen molar-refractivity contribution in [3.63, 3.8) is 0 Å². The van der Waals surface area contributed by atoms with Crippen molar-refractivity contribution in [2.45, 2.75) is 39.7 Å². The fourth-order valence-corrected chi connectivity index (χ4v) is 2.87. The lowest BCUT2D eigenvalue weighted by Crippen LogP contribution is -2.52. The third-order valence-corrected chi connectivity index (χ3v) is 4.25. The van der Waals surface area contributed by atoms with E-state index in [4.69, 9.17) is 5.73 Å². The van der Waals surface area contributed by atoms with Crippen LogP contribution in [-0.4, -0.2) is 66.9 Å². The standard InChI is InChI=1S/C15H30N4O2.ClH/c1-4-18(5-2)15(21)12(3)19-10-6-7-13(11-19)14(20)17-9-8-16;/h12-13H,4-11,16H2,1-3H3,(H,17,20);1H. The molecule has 0 spiro atoms. The quantitative estimate of drug-likeness (QED) is 0.708. The van der Waals surface area contributed by atoms with Gasteiger partial charge in [0.25, 0.3) is 0 Å². The summed E-state index contributed by atoms with van der Waals surface area (Å²) >= 11 is 0. The molecule has 0 saturated carbocycles. The van der Waals surface area contributed by atoms with Gasteiger partial charge in [0.15, 0.2) is 0 Å². The molecule has 3 N–H and O–H groups in total. The number of hydrogen-bond acceptors (Lipinski definition) is 4. The van der Waals surface area contributed by atoms with Gasteiger partial charge in [-0.3, -0.25) is 14.5 Å². The van der Waals surface area contributed by atoms with Crippen LogP contribution in [0, 0.1) is 5.92 Å². The summed E-state index contributed by atoms with van der Waals surface area (Å²) in [6.45, 7) is 9.91. The molecule has 2 unspecified atom stereocenters. The predicted molar refractivity (Wildman–Crippen MR) is 91.0 cm³/mol. The van der Waals surface area contributed by atoms with E-state index in [-0.39, 0.29) is 36.2 Å². The molecular formula is C15H31ClN4O2. The fraction of sp³-hybridized carbons (Fsp3) is 0.867. The van der Waals surface area contributed by atoms with Crippen molar-refractivity contribution in [2.75, 3.05) is 39.3 Å². The number of carbonyl (C=O) groups is 2. The molecule has 130 valence electrons. The van der Waals surface area contributed by atoms with Gasteiger partial charge in [0.2, 0.25) is 11.8 Å². The van der Waals surface area contributed by atoms with Crippen molar-refractivity contribution >= 4 is 24.2 Å². The second-order valence-corrected chi connectivity index (χ2v) is 5.60. The van der Waals surface area contributed by atoms with Crippen molar-refractivity contribution in [1.29, 1.82) is 0 Å². The number of nitrogens with zero attached hydrogens (tertiary/aromatic N) is 2. The van der Waals surface area contributed by atoms with Crippen molar-refractivity contribution in [3.05, 3.63) is 0 Å². The lowest BCUT2D eigenvalue weighted by Gasteiger charge is -2.37. The summed E-state index contributed by atoms with van der Waals surface area (Å²) in [5, 5.41) is 2.85. The molecule has 6 nitrogen and oxygen atoms in total. The molecule has 1 aliphatic heterocycles. The van der Waals surface area contributed by atoms with Crippen molar-refractivity contribution < 1.29 is 9.59 Å². The van der Waals surface area contributed by atoms with Crippen molar-refractivity contribution in [1.82, 2.24) is 15.1 Å². The first-order valence-electron chi connectivity index (χ1n) is 8.05. The van der Waals surface area contributed by atoms with E-state index in [0.29, 0.717) is 19.6 Å². The summed E-state index contributed by atoms with van der Waals surface area (Å²) in [4.78, 5) is 28.5. The molecule has 2 atom stereocenters. The second kappa shape index (κ2) is 10.8. The maximum Gasteiger partial charge on any atom is 0.239 e. The normalized spacial score (nSPS) is 19.9. The minimum Gasteiger partial charge on any atom is -0.355 e. The first-order valence-corrected chi connectivity index (χ1v) is 8.05. The highest BCUT2D eigenvalue weighted by Gasteiger charge is 2.31. The Morgan fingerprint density at radius 3 is 2.55 bits per heavy atom. The second-order valence-electron chi connectivity index (χ2n) is 5.60. The predicted octanol–water partition coefficient (Wildman–Crippen LogP) is 0.452. The largest absolute Gasteiger partial charge is 0.355 e. The maximum atomic E-state index is 12.4. The molecule has 2 amide bonds. The van der Waals surface area contributed by atoms with Crippen LogP contribution in [0.4, 0.5) is 0 Å². The summed E-state index contributed by atoms with van der Waals surface area (Å²) in [7, 11) is 0. The topological polar surface area (TPSA) is 78.7 Å². The summed E-state index contributed by atoms with van der Waals surface area (Å²) in [5.74, 6) is 0.188. The molecule has 0 bridgehead atoms. The Kier molecular flexibility index (Phi) is 10.4. The minimum atomic E-state index is -0.157. The first-order chi connectivity index (χ1) is 10.0. The van der Waals surface area contributed by atoms with Crippen LogP contribution in [0.1, 0.15) is 33.6 Å². The van der Waals surface area contributed by atoms with Crippen molar-refractivity contribution in [2.24, 2.45) is 11.7 Å². The number of likely N-dealkylation sites (N-methyl/N-ethyl adjacent to an activating group) is 1. The maximum absolute atomic E-state index is 12.4. The van der Waals surface area contributed by atoms with Gasteiger partial charge in [-0.2, -0.15) is 0 Å². The zero-order chi connectivity index (χ0) is 15.8. The van der Waals surface area contributed by atoms with Crippen LogP contribution in [0.15, 0.2) is 0 Å². The molecule has 1 rings (SSSR count). The number of hydrogen-bond donors (Lipinski definition) is 2. The van der Waals surface area contributed by atoms with E-state index in [0.717, 1.165) is 32.5 Å². The van der Waals surface area contributed by atoms with Crippen LogP contribution >= 0.6 is 12.4 Å². The van der Waals surface area contributed by atoms with Gasteiger partial charge in [0.05, 0.1) is 12.0 Å². The van der Waals surface area contributed by atoms with E-state index in [2.05, 4.69) is 10.2 Å². The molecule has 0 aromatic carbocycles. The van der Waals surface area contributed by atoms with Crippen LogP contribution in [0.3, 0.4) is 0 Å². The first kappa shape index (κ1) is 21.1. The Balaban J connectivity index is 0.00000441. The van der Waals surface area contributed by atoms with Crippen molar-refractivity contribution in [3.8, 4) is 0 Å². The number of likely N-dealkylation sites (tertiary alicyclic amines) is 1. The average molecular weight is 335 g/mol. The van der Waals surface area contributed by atoms with E-state index in [1.54, 1.807) is 0 Å². The monoisotopic (exact) mass is 334 g/mol. The third kappa shape index (κ3) is 5.74. The molecule has 1 fully saturated rings. The average Bonchev–Trinajstić information content (AvgIpc) is 2.52. The van der Waals surface area contributed by atoms with Crippen LogP contribution in [0.5, 0.6) is 0 Å². The Hall–Kier alpha value is -0.850. The number of rotatable bonds is 7. The van der Waals surface area contributed by atoms with Gasteiger partial charge in [-0.25, -0.2) is 0 Å². The van der Waals surface area contributed by atoms with Gasteiger partial charge in [0, 0.05) is 32.7 Å². The highest BCUT2D eigenvalue weighted by Crippen LogP contribution is 2.19. The van der Waals surface area contributed by atoms with Gasteiger partial charge in [-0.15, -0.1) is 12.4 Å². The highest BCUT2D eigenvalue weighted by molar-refractivity contribution is 5.85. The molecule has 1 heterocycles. The zero-order valence-electron chi connectivity index (χ0n) is 14.0. The van der Waals surface area contributed by atoms with E-state index >= 15 is 0 Å². The Morgan fingerprint density at radius 1 is 1.36 bits per heavy atom. The van der Waals surface area contributed by atoms with E-state index in [1.807, 2.05) is 25.7 Å². The summed E-state index contributed by atoms with van der Waals surface area (Å²) in [5.41, 5.74) is 5.41. The number of nitrogens with two attached hydrogens (primary N) is 1. The molecule has 0 radical (unpaired) electrons. The van der Waals surface area contributed by atoms with Gasteiger partial charge >= 0.3 is 0 Å². The van der Waals surface area contributed by atoms with Crippen LogP contribution in [0.25, 0.3) is 0 Å². The number of nitrogens with one attached hydrogen (secondary N) is 1. The highest BCUT2D eigenvalue weighted by atomic mass is 35.5. The molecule has 1 aliphatic rings. The molecule has 7 heteroatoms. The molecular weight excluding hydrogens is 304 g/mol.